The first-order chi connectivity index (χ1) is 11.0. The second kappa shape index (κ2) is 7.99. The SMILES string of the molecule is CC1CCCC(C(C(=O)O)N(C)C(=O)OCc2ccccc2)C1. The van der Waals surface area contributed by atoms with Crippen LogP contribution in [0.5, 0.6) is 0 Å². The molecule has 1 N–H and O–H groups in total. The molecule has 1 aromatic carbocycles. The van der Waals surface area contributed by atoms with E-state index in [1.807, 2.05) is 30.3 Å². The summed E-state index contributed by atoms with van der Waals surface area (Å²) >= 11 is 0. The molecule has 1 saturated carbocycles. The van der Waals surface area contributed by atoms with E-state index in [0.29, 0.717) is 5.92 Å². The lowest BCUT2D eigenvalue weighted by atomic mass is 9.78. The summed E-state index contributed by atoms with van der Waals surface area (Å²) < 4.78 is 5.26. The van der Waals surface area contributed by atoms with Crippen molar-refractivity contribution in [2.75, 3.05) is 7.05 Å². The Morgan fingerprint density at radius 2 is 2.00 bits per heavy atom. The summed E-state index contributed by atoms with van der Waals surface area (Å²) in [5.74, 6) is -0.460. The third-order valence-electron chi connectivity index (χ3n) is 4.59. The van der Waals surface area contributed by atoms with E-state index in [4.69, 9.17) is 4.74 Å². The number of aliphatic carboxylic acids is 1. The molecule has 0 aromatic heterocycles. The molecule has 0 saturated heterocycles. The zero-order valence-corrected chi connectivity index (χ0v) is 13.8. The monoisotopic (exact) mass is 319 g/mol. The Morgan fingerprint density at radius 3 is 2.61 bits per heavy atom. The minimum Gasteiger partial charge on any atom is -0.480 e. The van der Waals surface area contributed by atoms with Crippen LogP contribution >= 0.6 is 0 Å². The topological polar surface area (TPSA) is 66.8 Å². The van der Waals surface area contributed by atoms with Crippen LogP contribution in [0.4, 0.5) is 4.79 Å². The third-order valence-corrected chi connectivity index (χ3v) is 4.59. The lowest BCUT2D eigenvalue weighted by Gasteiger charge is -2.35. The molecule has 0 spiro atoms. The lowest BCUT2D eigenvalue weighted by Crippen LogP contribution is -2.48. The summed E-state index contributed by atoms with van der Waals surface area (Å²) in [6, 6.07) is 8.55. The van der Waals surface area contributed by atoms with E-state index in [0.717, 1.165) is 31.2 Å². The highest BCUT2D eigenvalue weighted by atomic mass is 16.6. The van der Waals surface area contributed by atoms with Crippen molar-refractivity contribution < 1.29 is 19.4 Å². The van der Waals surface area contributed by atoms with Gasteiger partial charge in [-0.05, 0) is 30.2 Å². The van der Waals surface area contributed by atoms with Gasteiger partial charge in [-0.3, -0.25) is 4.90 Å². The maximum absolute atomic E-state index is 12.2. The summed E-state index contributed by atoms with van der Waals surface area (Å²) in [5.41, 5.74) is 0.882. The molecule has 1 aliphatic carbocycles. The van der Waals surface area contributed by atoms with E-state index >= 15 is 0 Å². The summed E-state index contributed by atoms with van der Waals surface area (Å²) in [6.07, 6.45) is 3.25. The molecule has 1 amide bonds. The molecule has 0 aliphatic heterocycles. The van der Waals surface area contributed by atoms with Crippen LogP contribution < -0.4 is 0 Å². The molecule has 5 heteroatoms. The average Bonchev–Trinajstić information content (AvgIpc) is 2.53. The number of hydrogen-bond donors (Lipinski definition) is 1. The maximum Gasteiger partial charge on any atom is 0.410 e. The van der Waals surface area contributed by atoms with E-state index < -0.39 is 18.1 Å². The van der Waals surface area contributed by atoms with Crippen molar-refractivity contribution in [3.05, 3.63) is 35.9 Å². The number of amides is 1. The van der Waals surface area contributed by atoms with Gasteiger partial charge in [-0.2, -0.15) is 0 Å². The first-order valence-corrected chi connectivity index (χ1v) is 8.15. The van der Waals surface area contributed by atoms with Gasteiger partial charge in [-0.1, -0.05) is 50.1 Å². The molecular weight excluding hydrogens is 294 g/mol. The van der Waals surface area contributed by atoms with E-state index in [9.17, 15) is 14.7 Å². The van der Waals surface area contributed by atoms with Crippen molar-refractivity contribution in [2.24, 2.45) is 11.8 Å². The number of carboxylic acids is 1. The van der Waals surface area contributed by atoms with E-state index in [2.05, 4.69) is 6.92 Å². The molecule has 23 heavy (non-hydrogen) atoms. The molecule has 126 valence electrons. The predicted molar refractivity (Wildman–Crippen MR) is 86.9 cm³/mol. The Labute approximate surface area is 137 Å². The van der Waals surface area contributed by atoms with E-state index in [1.54, 1.807) is 0 Å². The smallest absolute Gasteiger partial charge is 0.410 e. The Kier molecular flexibility index (Phi) is 6.02. The molecule has 1 aromatic rings. The maximum atomic E-state index is 12.2. The zero-order chi connectivity index (χ0) is 16.8. The third kappa shape index (κ3) is 4.71. The van der Waals surface area contributed by atoms with Crippen LogP contribution in [-0.2, 0) is 16.1 Å². The molecule has 5 nitrogen and oxygen atoms in total. The fraction of sp³-hybridized carbons (Fsp3) is 0.556. The fourth-order valence-electron chi connectivity index (χ4n) is 3.39. The highest BCUT2D eigenvalue weighted by Gasteiger charge is 2.37. The molecule has 0 heterocycles. The second-order valence-electron chi connectivity index (χ2n) is 6.47. The van der Waals surface area contributed by atoms with Gasteiger partial charge < -0.3 is 9.84 Å². The molecule has 1 fully saturated rings. The van der Waals surface area contributed by atoms with Crippen LogP contribution in [0.1, 0.15) is 38.2 Å². The highest BCUT2D eigenvalue weighted by Crippen LogP contribution is 2.32. The van der Waals surface area contributed by atoms with E-state index in [1.165, 1.54) is 11.9 Å². The summed E-state index contributed by atoms with van der Waals surface area (Å²) in [4.78, 5) is 25.1. The van der Waals surface area contributed by atoms with Crippen molar-refractivity contribution in [1.29, 1.82) is 0 Å². The molecular formula is C18H25NO4. The molecule has 3 atom stereocenters. The van der Waals surface area contributed by atoms with Crippen LogP contribution in [0.3, 0.4) is 0 Å². The average molecular weight is 319 g/mol. The number of hydrogen-bond acceptors (Lipinski definition) is 3. The lowest BCUT2D eigenvalue weighted by molar-refractivity contribution is -0.145. The number of nitrogens with zero attached hydrogens (tertiary/aromatic N) is 1. The number of carbonyl (C=O) groups excluding carboxylic acids is 1. The van der Waals surface area contributed by atoms with Gasteiger partial charge in [0.2, 0.25) is 0 Å². The number of ether oxygens (including phenoxy) is 1. The Hall–Kier alpha value is -2.04. The van der Waals surface area contributed by atoms with Crippen molar-refractivity contribution in [3.63, 3.8) is 0 Å². The van der Waals surface area contributed by atoms with Gasteiger partial charge >= 0.3 is 12.1 Å². The number of benzene rings is 1. The number of carbonyl (C=O) groups is 2. The van der Waals surface area contributed by atoms with Crippen LogP contribution in [-0.4, -0.2) is 35.2 Å². The van der Waals surface area contributed by atoms with Gasteiger partial charge in [-0.25, -0.2) is 9.59 Å². The number of carboxylic acid groups (broad SMARTS) is 1. The second-order valence-corrected chi connectivity index (χ2v) is 6.47. The van der Waals surface area contributed by atoms with Crippen LogP contribution in [0.2, 0.25) is 0 Å². The Balaban J connectivity index is 1.97. The first-order valence-electron chi connectivity index (χ1n) is 8.15. The van der Waals surface area contributed by atoms with Crippen molar-refractivity contribution >= 4 is 12.1 Å². The van der Waals surface area contributed by atoms with Gasteiger partial charge in [0.25, 0.3) is 0 Å². The Morgan fingerprint density at radius 1 is 1.30 bits per heavy atom. The fourth-order valence-corrected chi connectivity index (χ4v) is 3.39. The quantitative estimate of drug-likeness (QED) is 0.901. The van der Waals surface area contributed by atoms with Gasteiger partial charge in [-0.15, -0.1) is 0 Å². The number of likely N-dealkylation sites (N-methyl/N-ethyl adjacent to an activating group) is 1. The summed E-state index contributed by atoms with van der Waals surface area (Å²) in [5, 5.41) is 9.57. The largest absolute Gasteiger partial charge is 0.480 e. The highest BCUT2D eigenvalue weighted by molar-refractivity contribution is 5.80. The summed E-state index contributed by atoms with van der Waals surface area (Å²) in [7, 11) is 1.52. The molecule has 0 bridgehead atoms. The van der Waals surface area contributed by atoms with Crippen LogP contribution in [0.25, 0.3) is 0 Å². The van der Waals surface area contributed by atoms with Gasteiger partial charge in [0.15, 0.2) is 0 Å². The zero-order valence-electron chi connectivity index (χ0n) is 13.8. The van der Waals surface area contributed by atoms with Gasteiger partial charge in [0.05, 0.1) is 0 Å². The van der Waals surface area contributed by atoms with Crippen molar-refractivity contribution in [1.82, 2.24) is 4.90 Å². The standard InChI is InChI=1S/C18H25NO4/c1-13-7-6-10-15(11-13)16(17(20)21)19(2)18(22)23-12-14-8-4-3-5-9-14/h3-5,8-9,13,15-16H,6-7,10-12H2,1-2H3,(H,20,21). The van der Waals surface area contributed by atoms with Gasteiger partial charge in [0, 0.05) is 7.05 Å². The van der Waals surface area contributed by atoms with Gasteiger partial charge in [0.1, 0.15) is 12.6 Å². The molecule has 3 unspecified atom stereocenters. The van der Waals surface area contributed by atoms with Crippen molar-refractivity contribution in [2.45, 2.75) is 45.3 Å². The Bertz CT molecular complexity index is 531. The van der Waals surface area contributed by atoms with Crippen molar-refractivity contribution in [3.8, 4) is 0 Å². The minimum absolute atomic E-state index is 0.00877. The first kappa shape index (κ1) is 17.3. The molecule has 0 radical (unpaired) electrons. The predicted octanol–water partition coefficient (Wildman–Crippen LogP) is 3.53. The van der Waals surface area contributed by atoms with Crippen LogP contribution in [0, 0.1) is 11.8 Å². The molecule has 1 aliphatic rings. The van der Waals surface area contributed by atoms with Crippen LogP contribution in [0.15, 0.2) is 30.3 Å². The number of rotatable bonds is 5. The summed E-state index contributed by atoms with van der Waals surface area (Å²) in [6.45, 7) is 2.29. The van der Waals surface area contributed by atoms with E-state index in [-0.39, 0.29) is 12.5 Å². The normalized spacial score (nSPS) is 22.2. The molecule has 2 rings (SSSR count). The minimum atomic E-state index is -0.955.